The van der Waals surface area contributed by atoms with Crippen LogP contribution in [0.15, 0.2) is 29.4 Å². The van der Waals surface area contributed by atoms with Crippen LogP contribution in [0.4, 0.5) is 0 Å². The van der Waals surface area contributed by atoms with E-state index in [0.717, 1.165) is 39.5 Å². The Bertz CT molecular complexity index is 938. The van der Waals surface area contributed by atoms with Crippen LogP contribution < -0.4 is 0 Å². The third-order valence-corrected chi connectivity index (χ3v) is 6.30. The number of carboxylic acid groups (broad SMARTS) is 1. The molecule has 0 spiro atoms. The summed E-state index contributed by atoms with van der Waals surface area (Å²) in [6.45, 7) is 5.77. The average molecular weight is 393 g/mol. The molecule has 0 aliphatic carbocycles. The molecule has 25 heavy (non-hydrogen) atoms. The lowest BCUT2D eigenvalue weighted by atomic mass is 10.0. The minimum atomic E-state index is -0.898. The SMILES string of the molecule is CCc1sc2nc(SC(C)C(=O)O)nc(Cl)c2c1-c1ccc(C)cc1. The number of hydrogen-bond acceptors (Lipinski definition) is 5. The maximum Gasteiger partial charge on any atom is 0.316 e. The highest BCUT2D eigenvalue weighted by molar-refractivity contribution is 8.00. The summed E-state index contributed by atoms with van der Waals surface area (Å²) in [5, 5.41) is 10.1. The van der Waals surface area contributed by atoms with Crippen molar-refractivity contribution in [2.45, 2.75) is 37.6 Å². The molecular formula is C18H17ClN2O2S2. The normalized spacial score (nSPS) is 12.5. The number of hydrogen-bond donors (Lipinski definition) is 1. The van der Waals surface area contributed by atoms with Crippen LogP contribution in [0.25, 0.3) is 21.3 Å². The van der Waals surface area contributed by atoms with Gasteiger partial charge in [0.15, 0.2) is 5.16 Å². The van der Waals surface area contributed by atoms with E-state index >= 15 is 0 Å². The zero-order chi connectivity index (χ0) is 18.1. The van der Waals surface area contributed by atoms with E-state index in [-0.39, 0.29) is 0 Å². The zero-order valence-electron chi connectivity index (χ0n) is 14.0. The number of thiophene rings is 1. The van der Waals surface area contributed by atoms with Crippen LogP contribution in [0.5, 0.6) is 0 Å². The molecule has 2 aromatic heterocycles. The second kappa shape index (κ2) is 7.32. The van der Waals surface area contributed by atoms with Crippen molar-refractivity contribution < 1.29 is 9.90 Å². The molecule has 0 aliphatic rings. The quantitative estimate of drug-likeness (QED) is 0.355. The standard InChI is InChI=1S/C18H17ClN2O2S2/c1-4-12-13(11-7-5-9(2)6-8-11)14-15(19)20-18(21-16(14)25-12)24-10(3)17(22)23/h5-8,10H,4H2,1-3H3,(H,22,23). The number of fused-ring (bicyclic) bond motifs is 1. The van der Waals surface area contributed by atoms with E-state index < -0.39 is 11.2 Å². The van der Waals surface area contributed by atoms with Gasteiger partial charge in [-0.25, -0.2) is 9.97 Å². The van der Waals surface area contributed by atoms with Crippen molar-refractivity contribution >= 4 is 50.9 Å². The Kier molecular flexibility index (Phi) is 5.32. The average Bonchev–Trinajstić information content (AvgIpc) is 2.94. The lowest BCUT2D eigenvalue weighted by Crippen LogP contribution is -2.11. The Hall–Kier alpha value is -1.63. The van der Waals surface area contributed by atoms with E-state index in [9.17, 15) is 4.79 Å². The first kappa shape index (κ1) is 18.2. The van der Waals surface area contributed by atoms with Gasteiger partial charge in [-0.3, -0.25) is 4.79 Å². The van der Waals surface area contributed by atoms with Crippen LogP contribution in [0.1, 0.15) is 24.3 Å². The zero-order valence-corrected chi connectivity index (χ0v) is 16.4. The Morgan fingerprint density at radius 1 is 1.32 bits per heavy atom. The van der Waals surface area contributed by atoms with E-state index in [2.05, 4.69) is 48.1 Å². The Labute approximate surface area is 159 Å². The number of thioether (sulfide) groups is 1. The summed E-state index contributed by atoms with van der Waals surface area (Å²) < 4.78 is 0. The molecule has 3 rings (SSSR count). The van der Waals surface area contributed by atoms with Crippen molar-refractivity contribution in [2.24, 2.45) is 0 Å². The van der Waals surface area contributed by atoms with E-state index in [4.69, 9.17) is 16.7 Å². The Morgan fingerprint density at radius 3 is 2.60 bits per heavy atom. The van der Waals surface area contributed by atoms with Crippen molar-refractivity contribution in [3.8, 4) is 11.1 Å². The van der Waals surface area contributed by atoms with Crippen LogP contribution in [-0.4, -0.2) is 26.3 Å². The molecule has 4 nitrogen and oxygen atoms in total. The first-order valence-electron chi connectivity index (χ1n) is 7.86. The summed E-state index contributed by atoms with van der Waals surface area (Å²) in [6, 6.07) is 8.32. The predicted molar refractivity (Wildman–Crippen MR) is 105 cm³/mol. The first-order valence-corrected chi connectivity index (χ1v) is 9.93. The van der Waals surface area contributed by atoms with Gasteiger partial charge in [0, 0.05) is 10.4 Å². The van der Waals surface area contributed by atoms with Crippen molar-refractivity contribution in [1.82, 2.24) is 9.97 Å². The van der Waals surface area contributed by atoms with Crippen LogP contribution in [-0.2, 0) is 11.2 Å². The highest BCUT2D eigenvalue weighted by Crippen LogP contribution is 2.42. The summed E-state index contributed by atoms with van der Waals surface area (Å²) in [4.78, 5) is 21.9. The summed E-state index contributed by atoms with van der Waals surface area (Å²) in [5.41, 5.74) is 3.37. The number of aromatic nitrogens is 2. The molecule has 0 saturated heterocycles. The minimum Gasteiger partial charge on any atom is -0.480 e. The fraction of sp³-hybridized carbons (Fsp3) is 0.278. The third kappa shape index (κ3) is 3.66. The molecule has 1 atom stereocenters. The molecule has 0 fully saturated rings. The molecule has 2 heterocycles. The number of aliphatic carboxylic acids is 1. The summed E-state index contributed by atoms with van der Waals surface area (Å²) >= 11 is 9.17. The van der Waals surface area contributed by atoms with E-state index in [1.54, 1.807) is 18.3 Å². The van der Waals surface area contributed by atoms with E-state index in [1.165, 1.54) is 10.4 Å². The fourth-order valence-corrected chi connectivity index (χ4v) is 4.79. The number of nitrogens with zero attached hydrogens (tertiary/aromatic N) is 2. The van der Waals surface area contributed by atoms with E-state index in [1.807, 2.05) is 0 Å². The van der Waals surface area contributed by atoms with Gasteiger partial charge in [0.1, 0.15) is 15.2 Å². The van der Waals surface area contributed by atoms with Gasteiger partial charge in [-0.15, -0.1) is 11.3 Å². The molecular weight excluding hydrogens is 376 g/mol. The number of carboxylic acids is 1. The Balaban J connectivity index is 2.15. The predicted octanol–water partition coefficient (Wildman–Crippen LogP) is 5.45. The number of benzene rings is 1. The van der Waals surface area contributed by atoms with Gasteiger partial charge in [-0.05, 0) is 25.8 Å². The van der Waals surface area contributed by atoms with Crippen molar-refractivity contribution in [2.75, 3.05) is 0 Å². The third-order valence-electron chi connectivity index (χ3n) is 3.85. The lowest BCUT2D eigenvalue weighted by Gasteiger charge is -2.07. The van der Waals surface area contributed by atoms with Gasteiger partial charge < -0.3 is 5.11 Å². The summed E-state index contributed by atoms with van der Waals surface area (Å²) in [5.74, 6) is -0.898. The maximum absolute atomic E-state index is 11.1. The molecule has 0 bridgehead atoms. The highest BCUT2D eigenvalue weighted by Gasteiger charge is 2.21. The minimum absolute atomic E-state index is 0.372. The van der Waals surface area contributed by atoms with Crippen molar-refractivity contribution in [3.63, 3.8) is 0 Å². The second-order valence-electron chi connectivity index (χ2n) is 5.70. The van der Waals surface area contributed by atoms with E-state index in [0.29, 0.717) is 10.3 Å². The van der Waals surface area contributed by atoms with Gasteiger partial charge >= 0.3 is 5.97 Å². The number of carbonyl (C=O) groups is 1. The molecule has 0 aliphatic heterocycles. The second-order valence-corrected chi connectivity index (χ2v) is 8.44. The first-order chi connectivity index (χ1) is 11.9. The van der Waals surface area contributed by atoms with Crippen LogP contribution in [0.2, 0.25) is 5.15 Å². The van der Waals surface area contributed by atoms with Crippen molar-refractivity contribution in [1.29, 1.82) is 0 Å². The largest absolute Gasteiger partial charge is 0.480 e. The molecule has 0 saturated carbocycles. The molecule has 3 aromatic rings. The molecule has 130 valence electrons. The number of aryl methyl sites for hydroxylation is 2. The number of halogens is 1. The van der Waals surface area contributed by atoms with Gasteiger partial charge in [0.05, 0.1) is 5.39 Å². The van der Waals surface area contributed by atoms with Gasteiger partial charge in [-0.1, -0.05) is 60.1 Å². The monoisotopic (exact) mass is 392 g/mol. The van der Waals surface area contributed by atoms with Crippen LogP contribution in [0, 0.1) is 6.92 Å². The number of rotatable bonds is 5. The smallest absolute Gasteiger partial charge is 0.316 e. The van der Waals surface area contributed by atoms with Gasteiger partial charge in [-0.2, -0.15) is 0 Å². The molecule has 7 heteroatoms. The van der Waals surface area contributed by atoms with Crippen LogP contribution in [0.3, 0.4) is 0 Å². The van der Waals surface area contributed by atoms with Crippen LogP contribution >= 0.6 is 34.7 Å². The molecule has 0 radical (unpaired) electrons. The Morgan fingerprint density at radius 2 is 2.00 bits per heavy atom. The van der Waals surface area contributed by atoms with Crippen molar-refractivity contribution in [3.05, 3.63) is 39.9 Å². The molecule has 1 unspecified atom stereocenters. The highest BCUT2D eigenvalue weighted by atomic mass is 35.5. The fourth-order valence-electron chi connectivity index (χ4n) is 2.52. The van der Waals surface area contributed by atoms with Gasteiger partial charge in [0.25, 0.3) is 0 Å². The topological polar surface area (TPSA) is 63.1 Å². The summed E-state index contributed by atoms with van der Waals surface area (Å²) in [6.07, 6.45) is 0.870. The molecule has 1 N–H and O–H groups in total. The van der Waals surface area contributed by atoms with Gasteiger partial charge in [0.2, 0.25) is 0 Å². The lowest BCUT2D eigenvalue weighted by molar-refractivity contribution is -0.136. The maximum atomic E-state index is 11.1. The summed E-state index contributed by atoms with van der Waals surface area (Å²) in [7, 11) is 0. The molecule has 0 amide bonds. The molecule has 1 aromatic carbocycles.